The highest BCUT2D eigenvalue weighted by Crippen LogP contribution is 2.58. The summed E-state index contributed by atoms with van der Waals surface area (Å²) >= 11 is 0. The van der Waals surface area contributed by atoms with Gasteiger partial charge in [0.05, 0.1) is 0 Å². The van der Waals surface area contributed by atoms with E-state index in [1.807, 2.05) is 0 Å². The molecule has 58 heavy (non-hydrogen) atoms. The molecule has 0 unspecified atom stereocenters. The summed E-state index contributed by atoms with van der Waals surface area (Å²) in [5.74, 6) is 0. The van der Waals surface area contributed by atoms with Gasteiger partial charge < -0.3 is 0 Å². The molecule has 0 heterocycles. The van der Waals surface area contributed by atoms with Gasteiger partial charge in [0.1, 0.15) is 0 Å². The fourth-order valence-electron chi connectivity index (χ4n) is 11.8. The third-order valence-electron chi connectivity index (χ3n) is 14.0. The van der Waals surface area contributed by atoms with E-state index in [1.165, 1.54) is 152 Å². The summed E-state index contributed by atoms with van der Waals surface area (Å²) < 4.78 is 0. The van der Waals surface area contributed by atoms with Crippen molar-refractivity contribution in [1.29, 1.82) is 0 Å². The molecule has 0 N–H and O–H groups in total. The first-order chi connectivity index (χ1) is 28.8. The Morgan fingerprint density at radius 3 is 1.03 bits per heavy atom. The summed E-state index contributed by atoms with van der Waals surface area (Å²) in [6.45, 7) is 0. The summed E-state index contributed by atoms with van der Waals surface area (Å²) in [6, 6.07) is 69.2. The highest BCUT2D eigenvalue weighted by molar-refractivity contribution is 6.50. The Labute approximate surface area is 332 Å². The van der Waals surface area contributed by atoms with Crippen LogP contribution < -0.4 is 0 Å². The molecule has 14 aromatic carbocycles. The lowest BCUT2D eigenvalue weighted by molar-refractivity contribution is 1.68. The fourth-order valence-corrected chi connectivity index (χ4v) is 11.8. The second-order valence-corrected chi connectivity index (χ2v) is 16.6. The minimum Gasteiger partial charge on any atom is -0.0622 e. The van der Waals surface area contributed by atoms with Crippen LogP contribution >= 0.6 is 0 Å². The zero-order valence-corrected chi connectivity index (χ0v) is 31.3. The number of hydrogen-bond donors (Lipinski definition) is 0. The number of rotatable bonds is 2. The summed E-state index contributed by atoms with van der Waals surface area (Å²) in [5.41, 5.74) is 10.6. The second-order valence-electron chi connectivity index (χ2n) is 16.6. The van der Waals surface area contributed by atoms with Gasteiger partial charge in [-0.2, -0.15) is 0 Å². The maximum absolute atomic E-state index is 2.46. The van der Waals surface area contributed by atoms with Crippen molar-refractivity contribution in [2.45, 2.75) is 0 Å². The van der Waals surface area contributed by atoms with Crippen LogP contribution in [0.3, 0.4) is 0 Å². The van der Waals surface area contributed by atoms with Crippen LogP contribution in [0.1, 0.15) is 0 Å². The molecule has 0 spiro atoms. The van der Waals surface area contributed by atoms with Crippen LogP contribution in [-0.2, 0) is 0 Å². The molecule has 0 atom stereocenters. The predicted octanol–water partition coefficient (Wildman–Crippen LogP) is 16.5. The smallest absolute Gasteiger partial charge is 0.000717 e. The van der Waals surface area contributed by atoms with Crippen LogP contribution in [0.5, 0.6) is 0 Å². The summed E-state index contributed by atoms with van der Waals surface area (Å²) in [4.78, 5) is 0. The molecule has 262 valence electrons. The first kappa shape index (κ1) is 29.7. The van der Waals surface area contributed by atoms with Crippen LogP contribution in [-0.4, -0.2) is 0 Å². The minimum atomic E-state index is 1.26. The molecule has 0 radical (unpaired) electrons. The van der Waals surface area contributed by atoms with Crippen molar-refractivity contribution < 1.29 is 0 Å². The van der Waals surface area contributed by atoms with E-state index in [2.05, 4.69) is 182 Å². The summed E-state index contributed by atoms with van der Waals surface area (Å²) in [6.07, 6.45) is 0. The fraction of sp³-hybridized carbons (Fsp3) is 0. The molecular weight excluding hydrogens is 697 g/mol. The van der Waals surface area contributed by atoms with E-state index in [4.69, 9.17) is 0 Å². The Hall–Kier alpha value is -7.54. The molecule has 1 aliphatic rings. The Bertz CT molecular complexity index is 3840. The van der Waals surface area contributed by atoms with E-state index < -0.39 is 0 Å². The maximum atomic E-state index is 2.46. The number of benzene rings is 12. The Kier molecular flexibility index (Phi) is 5.25. The quantitative estimate of drug-likeness (QED) is 0.123. The van der Waals surface area contributed by atoms with Gasteiger partial charge in [0.2, 0.25) is 0 Å². The van der Waals surface area contributed by atoms with Crippen molar-refractivity contribution in [3.63, 3.8) is 0 Å². The topological polar surface area (TPSA) is 0 Å². The molecule has 0 saturated heterocycles. The van der Waals surface area contributed by atoms with E-state index in [1.54, 1.807) is 0 Å². The van der Waals surface area contributed by atoms with Gasteiger partial charge in [0.15, 0.2) is 0 Å². The summed E-state index contributed by atoms with van der Waals surface area (Å²) in [7, 11) is 0. The Morgan fingerprint density at radius 1 is 0.190 bits per heavy atom. The standard InChI is InChI=1S/C58H30/c1-3-11-32(12-4-1)49-55-42-19-9-17-31-18-10-20-43(48(31)42)56(55)50(33-13-5-2-6-14-33)58-45-28-26-39-37-22-24-41-47-30-35-16-8-7-15-34(35)29-46(47)40-23-21-36(51(37)53(40)41)38-25-27-44(57(49)58)54(45)52(38)39/h1-30H. The van der Waals surface area contributed by atoms with Crippen molar-refractivity contribution in [1.82, 2.24) is 0 Å². The zero-order valence-electron chi connectivity index (χ0n) is 31.3. The van der Waals surface area contributed by atoms with Gasteiger partial charge >= 0.3 is 0 Å². The molecule has 0 fully saturated rings. The van der Waals surface area contributed by atoms with Gasteiger partial charge in [0, 0.05) is 0 Å². The molecule has 0 saturated carbocycles. The summed E-state index contributed by atoms with van der Waals surface area (Å²) in [5, 5.41) is 26.9. The average Bonchev–Trinajstić information content (AvgIpc) is 3.91. The van der Waals surface area contributed by atoms with Crippen LogP contribution in [0, 0.1) is 0 Å². The highest BCUT2D eigenvalue weighted by Gasteiger charge is 2.30. The van der Waals surface area contributed by atoms with Crippen LogP contribution in [0.4, 0.5) is 0 Å². The molecule has 0 nitrogen and oxygen atoms in total. The van der Waals surface area contributed by atoms with Crippen molar-refractivity contribution in [3.8, 4) is 44.5 Å². The zero-order chi connectivity index (χ0) is 37.4. The maximum Gasteiger partial charge on any atom is -0.000717 e. The third kappa shape index (κ3) is 3.39. The number of fused-ring (bicyclic) bond motifs is 12. The monoisotopic (exact) mass is 726 g/mol. The first-order valence-electron chi connectivity index (χ1n) is 20.4. The average molecular weight is 727 g/mol. The molecule has 14 aromatic rings. The largest absolute Gasteiger partial charge is 0.0622 e. The van der Waals surface area contributed by atoms with E-state index in [0.29, 0.717) is 0 Å². The van der Waals surface area contributed by atoms with E-state index >= 15 is 0 Å². The van der Waals surface area contributed by atoms with Gasteiger partial charge in [-0.25, -0.2) is 0 Å². The highest BCUT2D eigenvalue weighted by atomic mass is 14.3. The Morgan fingerprint density at radius 2 is 0.552 bits per heavy atom. The van der Waals surface area contributed by atoms with Gasteiger partial charge in [-0.15, -0.1) is 0 Å². The number of hydrogen-bond acceptors (Lipinski definition) is 0. The first-order valence-corrected chi connectivity index (χ1v) is 20.4. The molecule has 15 rings (SSSR count). The molecule has 0 amide bonds. The lowest BCUT2D eigenvalue weighted by Gasteiger charge is -2.16. The lowest BCUT2D eigenvalue weighted by Crippen LogP contribution is -1.88. The van der Waals surface area contributed by atoms with Gasteiger partial charge in [-0.3, -0.25) is 0 Å². The van der Waals surface area contributed by atoms with Crippen molar-refractivity contribution >= 4 is 108 Å². The molecule has 0 aromatic heterocycles. The molecule has 1 aliphatic carbocycles. The minimum absolute atomic E-state index is 1.26. The van der Waals surface area contributed by atoms with Gasteiger partial charge in [-0.1, -0.05) is 170 Å². The predicted molar refractivity (Wildman–Crippen MR) is 250 cm³/mol. The third-order valence-corrected chi connectivity index (χ3v) is 14.0. The van der Waals surface area contributed by atoms with Crippen molar-refractivity contribution in [3.05, 3.63) is 182 Å². The van der Waals surface area contributed by atoms with Crippen molar-refractivity contribution in [2.75, 3.05) is 0 Å². The molecule has 0 aliphatic heterocycles. The van der Waals surface area contributed by atoms with E-state index in [0.717, 1.165) is 0 Å². The Balaban J connectivity index is 1.17. The molecule has 0 bridgehead atoms. The van der Waals surface area contributed by atoms with Crippen LogP contribution in [0.15, 0.2) is 182 Å². The van der Waals surface area contributed by atoms with Crippen LogP contribution in [0.25, 0.3) is 152 Å². The lowest BCUT2D eigenvalue weighted by atomic mass is 9.87. The normalized spacial score (nSPS) is 12.8. The van der Waals surface area contributed by atoms with E-state index in [9.17, 15) is 0 Å². The van der Waals surface area contributed by atoms with E-state index in [-0.39, 0.29) is 0 Å². The van der Waals surface area contributed by atoms with Gasteiger partial charge in [-0.05, 0) is 164 Å². The molecular formula is C58H30. The van der Waals surface area contributed by atoms with Crippen molar-refractivity contribution in [2.24, 2.45) is 0 Å². The SMILES string of the molecule is c1ccc(-c2c3c4cccc5cccc(c3c(-c3ccccc3)c3c6ccc7c8ccc9c%10c(ccc(c%11ccc(c23)c6c%117)c%108)-c2cc3ccccc3cc2-9)c54)cc1. The van der Waals surface area contributed by atoms with Gasteiger partial charge in [0.25, 0.3) is 0 Å². The van der Waals surface area contributed by atoms with Crippen LogP contribution in [0.2, 0.25) is 0 Å². The second kappa shape index (κ2) is 10.2. The molecule has 0 heteroatoms.